The summed E-state index contributed by atoms with van der Waals surface area (Å²) < 4.78 is 5.43. The first-order valence-corrected chi connectivity index (χ1v) is 9.28. The molecule has 24 heavy (non-hydrogen) atoms. The van der Waals surface area contributed by atoms with Crippen molar-refractivity contribution in [1.29, 1.82) is 0 Å². The lowest BCUT2D eigenvalue weighted by Gasteiger charge is -2.30. The van der Waals surface area contributed by atoms with E-state index in [9.17, 15) is 4.79 Å². The number of nitrogens with one attached hydrogen (secondary N) is 1. The number of carbonyl (C=O) groups is 1. The van der Waals surface area contributed by atoms with Crippen LogP contribution in [0.15, 0.2) is 29.6 Å². The number of amides is 1. The quantitative estimate of drug-likeness (QED) is 0.884. The molecular formula is C18H23N3O2S. The number of rotatable bonds is 5. The first-order chi connectivity index (χ1) is 11.7. The normalized spacial score (nSPS) is 17.6. The Bertz CT molecular complexity index is 684. The monoisotopic (exact) mass is 345 g/mol. The van der Waals surface area contributed by atoms with Crippen molar-refractivity contribution >= 4 is 28.1 Å². The summed E-state index contributed by atoms with van der Waals surface area (Å²) in [6.07, 6.45) is 2.28. The van der Waals surface area contributed by atoms with Gasteiger partial charge in [0.2, 0.25) is 0 Å². The van der Waals surface area contributed by atoms with Gasteiger partial charge in [0.1, 0.15) is 11.4 Å². The topological polar surface area (TPSA) is 54.5 Å². The molecule has 1 aliphatic heterocycles. The molecule has 1 aliphatic rings. The Morgan fingerprint density at radius 1 is 1.42 bits per heavy atom. The Morgan fingerprint density at radius 3 is 2.92 bits per heavy atom. The van der Waals surface area contributed by atoms with Crippen molar-refractivity contribution in [3.05, 3.63) is 35.3 Å². The van der Waals surface area contributed by atoms with E-state index in [0.29, 0.717) is 18.2 Å². The van der Waals surface area contributed by atoms with E-state index in [1.165, 1.54) is 17.8 Å². The van der Waals surface area contributed by atoms with E-state index < -0.39 is 0 Å². The molecule has 0 saturated carbocycles. The zero-order valence-electron chi connectivity index (χ0n) is 14.1. The van der Waals surface area contributed by atoms with E-state index in [0.717, 1.165) is 36.1 Å². The van der Waals surface area contributed by atoms with Crippen LogP contribution in [0.4, 0.5) is 10.8 Å². The molecule has 0 spiro atoms. The Balaban J connectivity index is 1.63. The van der Waals surface area contributed by atoms with Crippen molar-refractivity contribution < 1.29 is 9.53 Å². The molecule has 5 nitrogen and oxygen atoms in total. The molecule has 0 bridgehead atoms. The van der Waals surface area contributed by atoms with E-state index >= 15 is 0 Å². The fraction of sp³-hybridized carbons (Fsp3) is 0.444. The summed E-state index contributed by atoms with van der Waals surface area (Å²) in [6, 6.07) is 7.72. The molecule has 6 heteroatoms. The van der Waals surface area contributed by atoms with Gasteiger partial charge in [-0.25, -0.2) is 4.98 Å². The number of piperidine rings is 1. The number of ether oxygens (including phenoxy) is 1. The summed E-state index contributed by atoms with van der Waals surface area (Å²) in [7, 11) is 0. The maximum atomic E-state index is 12.6. The van der Waals surface area contributed by atoms with Gasteiger partial charge in [-0.1, -0.05) is 6.92 Å². The SMILES string of the molecule is CCOc1ccc(Nc2nc(C(=O)N3CCCC(C)C3)cs2)cc1. The molecule has 1 N–H and O–H groups in total. The first kappa shape index (κ1) is 16.8. The minimum Gasteiger partial charge on any atom is -0.494 e. The fourth-order valence-corrected chi connectivity index (χ4v) is 3.59. The third kappa shape index (κ3) is 4.06. The van der Waals surface area contributed by atoms with Crippen LogP contribution in [0.1, 0.15) is 37.2 Å². The second-order valence-electron chi connectivity index (χ2n) is 6.12. The Morgan fingerprint density at radius 2 is 2.21 bits per heavy atom. The standard InChI is InChI=1S/C18H23N3O2S/c1-3-23-15-8-6-14(7-9-15)19-18-20-16(12-24-18)17(22)21-10-4-5-13(2)11-21/h6-9,12-13H,3-5,10-11H2,1-2H3,(H,19,20). The smallest absolute Gasteiger partial charge is 0.273 e. The van der Waals surface area contributed by atoms with Crippen LogP contribution < -0.4 is 10.1 Å². The lowest BCUT2D eigenvalue weighted by Crippen LogP contribution is -2.39. The highest BCUT2D eigenvalue weighted by Gasteiger charge is 2.23. The van der Waals surface area contributed by atoms with Gasteiger partial charge in [-0.3, -0.25) is 4.79 Å². The van der Waals surface area contributed by atoms with Crippen molar-refractivity contribution in [2.45, 2.75) is 26.7 Å². The lowest BCUT2D eigenvalue weighted by molar-refractivity contribution is 0.0678. The molecule has 1 aromatic carbocycles. The first-order valence-electron chi connectivity index (χ1n) is 8.40. The van der Waals surface area contributed by atoms with Crippen LogP contribution in [0.5, 0.6) is 5.75 Å². The summed E-state index contributed by atoms with van der Waals surface area (Å²) in [5, 5.41) is 5.80. The highest BCUT2D eigenvalue weighted by Crippen LogP contribution is 2.24. The number of nitrogens with zero attached hydrogens (tertiary/aromatic N) is 2. The molecular weight excluding hydrogens is 322 g/mol. The third-order valence-electron chi connectivity index (χ3n) is 4.08. The molecule has 1 atom stereocenters. The van der Waals surface area contributed by atoms with Gasteiger partial charge in [0.25, 0.3) is 5.91 Å². The van der Waals surface area contributed by atoms with E-state index in [1.807, 2.05) is 41.5 Å². The van der Waals surface area contributed by atoms with E-state index in [1.54, 1.807) is 0 Å². The Hall–Kier alpha value is -2.08. The molecule has 1 amide bonds. The van der Waals surface area contributed by atoms with Gasteiger partial charge in [-0.2, -0.15) is 0 Å². The predicted octanol–water partition coefficient (Wildman–Crippen LogP) is 4.16. The number of benzene rings is 1. The minimum absolute atomic E-state index is 0.0394. The van der Waals surface area contributed by atoms with E-state index in [-0.39, 0.29) is 5.91 Å². The molecule has 1 aromatic heterocycles. The van der Waals surface area contributed by atoms with Gasteiger partial charge in [0.05, 0.1) is 6.61 Å². The van der Waals surface area contributed by atoms with Gasteiger partial charge in [-0.05, 0) is 49.9 Å². The number of hydrogen-bond donors (Lipinski definition) is 1. The summed E-state index contributed by atoms with van der Waals surface area (Å²) in [6.45, 7) is 6.48. The van der Waals surface area contributed by atoms with Crippen LogP contribution in [-0.4, -0.2) is 35.5 Å². The summed E-state index contributed by atoms with van der Waals surface area (Å²) in [5.41, 5.74) is 1.46. The molecule has 2 aromatic rings. The zero-order chi connectivity index (χ0) is 16.9. The van der Waals surface area contributed by atoms with Gasteiger partial charge in [0.15, 0.2) is 5.13 Å². The fourth-order valence-electron chi connectivity index (χ4n) is 2.89. The Labute approximate surface area is 146 Å². The van der Waals surface area contributed by atoms with E-state index in [4.69, 9.17) is 4.74 Å². The van der Waals surface area contributed by atoms with Crippen molar-refractivity contribution in [1.82, 2.24) is 9.88 Å². The van der Waals surface area contributed by atoms with Crippen LogP contribution in [0.2, 0.25) is 0 Å². The summed E-state index contributed by atoms with van der Waals surface area (Å²) >= 11 is 1.45. The molecule has 128 valence electrons. The molecule has 3 rings (SSSR count). The van der Waals surface area contributed by atoms with Gasteiger partial charge < -0.3 is 15.0 Å². The number of thiazole rings is 1. The average molecular weight is 345 g/mol. The average Bonchev–Trinajstić information content (AvgIpc) is 3.05. The van der Waals surface area contributed by atoms with Crippen molar-refractivity contribution in [2.24, 2.45) is 5.92 Å². The minimum atomic E-state index is 0.0394. The largest absolute Gasteiger partial charge is 0.494 e. The van der Waals surface area contributed by atoms with Gasteiger partial charge in [-0.15, -0.1) is 11.3 Å². The van der Waals surface area contributed by atoms with Crippen LogP contribution >= 0.6 is 11.3 Å². The highest BCUT2D eigenvalue weighted by molar-refractivity contribution is 7.14. The van der Waals surface area contributed by atoms with Crippen molar-refractivity contribution in [3.63, 3.8) is 0 Å². The van der Waals surface area contributed by atoms with Crippen LogP contribution in [0.3, 0.4) is 0 Å². The second kappa shape index (κ2) is 7.66. The number of anilines is 2. The number of aromatic nitrogens is 1. The number of carbonyl (C=O) groups excluding carboxylic acids is 1. The van der Waals surface area contributed by atoms with Gasteiger partial charge >= 0.3 is 0 Å². The zero-order valence-corrected chi connectivity index (χ0v) is 14.9. The van der Waals surface area contributed by atoms with Crippen molar-refractivity contribution in [3.8, 4) is 5.75 Å². The van der Waals surface area contributed by atoms with Crippen LogP contribution in [0, 0.1) is 5.92 Å². The van der Waals surface area contributed by atoms with Crippen LogP contribution in [0.25, 0.3) is 0 Å². The summed E-state index contributed by atoms with van der Waals surface area (Å²) in [5.74, 6) is 1.46. The molecule has 1 fully saturated rings. The van der Waals surface area contributed by atoms with Crippen molar-refractivity contribution in [2.75, 3.05) is 25.0 Å². The van der Waals surface area contributed by atoms with Gasteiger partial charge in [0, 0.05) is 24.2 Å². The number of likely N-dealkylation sites (tertiary alicyclic amines) is 1. The number of hydrogen-bond acceptors (Lipinski definition) is 5. The van der Waals surface area contributed by atoms with E-state index in [2.05, 4.69) is 17.2 Å². The van der Waals surface area contributed by atoms with Crippen LogP contribution in [-0.2, 0) is 0 Å². The maximum absolute atomic E-state index is 12.6. The Kier molecular flexibility index (Phi) is 5.35. The third-order valence-corrected chi connectivity index (χ3v) is 4.84. The maximum Gasteiger partial charge on any atom is 0.273 e. The lowest BCUT2D eigenvalue weighted by atomic mass is 10.0. The molecule has 0 radical (unpaired) electrons. The molecule has 2 heterocycles. The highest BCUT2D eigenvalue weighted by atomic mass is 32.1. The molecule has 0 aliphatic carbocycles. The predicted molar refractivity (Wildman–Crippen MR) is 97.3 cm³/mol. The molecule has 1 saturated heterocycles. The molecule has 1 unspecified atom stereocenters. The summed E-state index contributed by atoms with van der Waals surface area (Å²) in [4.78, 5) is 18.9. The second-order valence-corrected chi connectivity index (χ2v) is 6.98.